The minimum atomic E-state index is -0.117. The smallest absolute Gasteiger partial charge is 0.236 e. The average Bonchev–Trinajstić information content (AvgIpc) is 2.80. The number of aromatic nitrogens is 2. The number of carbonyl (C=O) groups is 1. The van der Waals surface area contributed by atoms with Gasteiger partial charge in [0, 0.05) is 24.9 Å². The molecule has 1 aromatic heterocycles. The van der Waals surface area contributed by atoms with Gasteiger partial charge in [0.25, 0.3) is 0 Å². The van der Waals surface area contributed by atoms with Crippen LogP contribution in [0.4, 0.5) is 0 Å². The molecule has 6 heteroatoms. The molecule has 0 bridgehead atoms. The van der Waals surface area contributed by atoms with Crippen LogP contribution in [0.25, 0.3) is 10.9 Å². The number of nitrogens with one attached hydrogen (secondary N) is 1. The highest BCUT2D eigenvalue weighted by molar-refractivity contribution is 5.78. The van der Waals surface area contributed by atoms with E-state index in [1.807, 2.05) is 83.9 Å². The minimum Gasteiger partial charge on any atom is -0.288 e. The fourth-order valence-electron chi connectivity index (χ4n) is 3.52. The molecule has 4 rings (SSSR count). The van der Waals surface area contributed by atoms with Gasteiger partial charge in [-0.1, -0.05) is 72.8 Å². The lowest BCUT2D eigenvalue weighted by atomic mass is 10.2. The summed E-state index contributed by atoms with van der Waals surface area (Å²) in [5, 5.41) is 6.73. The molecule has 0 spiro atoms. The highest BCUT2D eigenvalue weighted by Gasteiger charge is 2.12. The first-order valence-corrected chi connectivity index (χ1v) is 10.3. The number of para-hydroxylation sites is 1. The molecule has 0 aliphatic rings. The zero-order valence-electron chi connectivity index (χ0n) is 17.1. The maximum absolute atomic E-state index is 12.8. The van der Waals surface area contributed by atoms with Crippen molar-refractivity contribution < 1.29 is 4.79 Å². The van der Waals surface area contributed by atoms with E-state index in [-0.39, 0.29) is 17.8 Å². The second-order valence-corrected chi connectivity index (χ2v) is 7.36. The molecule has 1 amide bonds. The van der Waals surface area contributed by atoms with Crippen molar-refractivity contribution in [3.63, 3.8) is 0 Å². The van der Waals surface area contributed by atoms with E-state index in [4.69, 9.17) is 0 Å². The van der Waals surface area contributed by atoms with Crippen molar-refractivity contribution in [2.75, 3.05) is 0 Å². The summed E-state index contributed by atoms with van der Waals surface area (Å²) in [6.45, 7) is 1.58. The third-order valence-electron chi connectivity index (χ3n) is 5.03. The van der Waals surface area contributed by atoms with Crippen LogP contribution in [-0.2, 0) is 24.4 Å². The number of carbonyl (C=O) groups excluding carboxylic acids is 1. The number of hydrogen-bond donors (Lipinski definition) is 1. The fraction of sp³-hybridized carbons (Fsp3) is 0.160. The number of hydrogen-bond acceptors (Lipinski definition) is 4. The molecule has 0 fully saturated rings. The summed E-state index contributed by atoms with van der Waals surface area (Å²) in [5.74, 6) is -0.101. The van der Waals surface area contributed by atoms with Gasteiger partial charge < -0.3 is 0 Å². The maximum Gasteiger partial charge on any atom is 0.236 e. The molecular formula is C25H24N4O2. The predicted octanol–water partition coefficient (Wildman–Crippen LogP) is 3.52. The van der Waals surface area contributed by atoms with Crippen molar-refractivity contribution >= 4 is 16.8 Å². The third-order valence-corrected chi connectivity index (χ3v) is 5.03. The van der Waals surface area contributed by atoms with E-state index in [0.717, 1.165) is 16.6 Å². The van der Waals surface area contributed by atoms with E-state index in [9.17, 15) is 9.59 Å². The Hall–Kier alpha value is -3.77. The number of rotatable bonds is 8. The van der Waals surface area contributed by atoms with Crippen molar-refractivity contribution in [3.8, 4) is 0 Å². The lowest BCUT2D eigenvalue weighted by molar-refractivity contribution is -0.126. The maximum atomic E-state index is 12.8. The molecule has 0 radical (unpaired) electrons. The van der Waals surface area contributed by atoms with Gasteiger partial charge in [0.15, 0.2) is 0 Å². The lowest BCUT2D eigenvalue weighted by Crippen LogP contribution is -2.41. The van der Waals surface area contributed by atoms with E-state index >= 15 is 0 Å². The largest absolute Gasteiger partial charge is 0.288 e. The molecule has 0 unspecified atom stereocenters. The van der Waals surface area contributed by atoms with Crippen molar-refractivity contribution in [1.29, 1.82) is 0 Å². The van der Waals surface area contributed by atoms with Crippen molar-refractivity contribution in [1.82, 2.24) is 20.2 Å². The number of nitrogens with zero attached hydrogens (tertiary/aromatic N) is 3. The number of aryl methyl sites for hydroxylation is 1. The summed E-state index contributed by atoms with van der Waals surface area (Å²) in [4.78, 5) is 24.8. The summed E-state index contributed by atoms with van der Waals surface area (Å²) in [6.07, 6.45) is 1.55. The van der Waals surface area contributed by atoms with Crippen LogP contribution in [0.15, 0.2) is 95.9 Å². The molecule has 156 valence electrons. The molecule has 0 aliphatic carbocycles. The van der Waals surface area contributed by atoms with E-state index in [2.05, 4.69) is 10.5 Å². The van der Waals surface area contributed by atoms with Gasteiger partial charge in [-0.05, 0) is 23.3 Å². The Morgan fingerprint density at radius 3 is 2.06 bits per heavy atom. The van der Waals surface area contributed by atoms with Crippen LogP contribution in [0.2, 0.25) is 0 Å². The first-order valence-electron chi connectivity index (χ1n) is 10.3. The summed E-state index contributed by atoms with van der Waals surface area (Å²) >= 11 is 0. The highest BCUT2D eigenvalue weighted by Crippen LogP contribution is 2.10. The molecule has 1 heterocycles. The highest BCUT2D eigenvalue weighted by atomic mass is 16.2. The number of fused-ring (bicyclic) bond motifs is 1. The predicted molar refractivity (Wildman–Crippen MR) is 121 cm³/mol. The molecule has 0 saturated carbocycles. The van der Waals surface area contributed by atoms with Crippen LogP contribution in [0, 0.1) is 0 Å². The van der Waals surface area contributed by atoms with Gasteiger partial charge in [0.2, 0.25) is 11.3 Å². The Bertz CT molecular complexity index is 1160. The topological polar surface area (TPSA) is 67.2 Å². The number of benzene rings is 3. The molecule has 0 aliphatic heterocycles. The Labute approximate surface area is 180 Å². The minimum absolute atomic E-state index is 0.101. The zero-order valence-corrected chi connectivity index (χ0v) is 17.1. The molecule has 4 aromatic rings. The molecule has 1 N–H and O–H groups in total. The number of amides is 1. The molecule has 6 nitrogen and oxygen atoms in total. The lowest BCUT2D eigenvalue weighted by Gasteiger charge is -2.23. The number of hydrazine groups is 1. The van der Waals surface area contributed by atoms with Crippen LogP contribution in [0.5, 0.6) is 0 Å². The fourth-order valence-corrected chi connectivity index (χ4v) is 3.52. The molecular weight excluding hydrogens is 388 g/mol. The summed E-state index contributed by atoms with van der Waals surface area (Å²) in [6, 6.07) is 27.4. The van der Waals surface area contributed by atoms with E-state index in [0.29, 0.717) is 25.0 Å². The Morgan fingerprint density at radius 1 is 0.839 bits per heavy atom. The first-order chi connectivity index (χ1) is 15.2. The van der Waals surface area contributed by atoms with Gasteiger partial charge in [-0.3, -0.25) is 19.7 Å². The van der Waals surface area contributed by atoms with Crippen LogP contribution < -0.4 is 10.9 Å². The van der Waals surface area contributed by atoms with Crippen molar-refractivity contribution in [2.24, 2.45) is 0 Å². The molecule has 0 saturated heterocycles. The Morgan fingerprint density at radius 2 is 1.42 bits per heavy atom. The molecule has 0 atom stereocenters. The SMILES string of the molecule is O=C(CCn1ncc(=O)c2ccccc21)NN(Cc1ccccc1)Cc1ccccc1. The van der Waals surface area contributed by atoms with Crippen LogP contribution >= 0.6 is 0 Å². The van der Waals surface area contributed by atoms with Gasteiger partial charge in [-0.15, -0.1) is 0 Å². The van der Waals surface area contributed by atoms with Gasteiger partial charge in [0.1, 0.15) is 0 Å². The monoisotopic (exact) mass is 412 g/mol. The second kappa shape index (κ2) is 9.82. The summed E-state index contributed by atoms with van der Waals surface area (Å²) in [7, 11) is 0. The molecule has 3 aromatic carbocycles. The van der Waals surface area contributed by atoms with Gasteiger partial charge in [-0.2, -0.15) is 5.10 Å². The summed E-state index contributed by atoms with van der Waals surface area (Å²) < 4.78 is 1.70. The van der Waals surface area contributed by atoms with Gasteiger partial charge >= 0.3 is 0 Å². The van der Waals surface area contributed by atoms with Crippen LogP contribution in [-0.4, -0.2) is 20.7 Å². The zero-order chi connectivity index (χ0) is 21.5. The van der Waals surface area contributed by atoms with Crippen molar-refractivity contribution in [2.45, 2.75) is 26.1 Å². The third kappa shape index (κ3) is 5.43. The van der Waals surface area contributed by atoms with Gasteiger partial charge in [0.05, 0.1) is 18.3 Å². The van der Waals surface area contributed by atoms with E-state index < -0.39 is 0 Å². The molecule has 31 heavy (non-hydrogen) atoms. The van der Waals surface area contributed by atoms with Crippen LogP contribution in [0.3, 0.4) is 0 Å². The van der Waals surface area contributed by atoms with Gasteiger partial charge in [-0.25, -0.2) is 5.01 Å². The van der Waals surface area contributed by atoms with Crippen LogP contribution in [0.1, 0.15) is 17.5 Å². The van der Waals surface area contributed by atoms with E-state index in [1.165, 1.54) is 6.20 Å². The Balaban J connectivity index is 1.45. The van der Waals surface area contributed by atoms with Crippen molar-refractivity contribution in [3.05, 3.63) is 112 Å². The standard InChI is InChI=1S/C25H24N4O2/c30-24-17-26-29(23-14-8-7-13-22(23)24)16-15-25(31)27-28(18-20-9-3-1-4-10-20)19-21-11-5-2-6-12-21/h1-14,17H,15-16,18-19H2,(H,27,31). The normalized spacial score (nSPS) is 11.0. The Kier molecular flexibility index (Phi) is 6.50. The van der Waals surface area contributed by atoms with E-state index in [1.54, 1.807) is 10.7 Å². The summed E-state index contributed by atoms with van der Waals surface area (Å²) in [5.41, 5.74) is 5.88. The second-order valence-electron chi connectivity index (χ2n) is 7.36. The quantitative estimate of drug-likeness (QED) is 0.450. The average molecular weight is 412 g/mol. The first kappa shape index (κ1) is 20.5.